The van der Waals surface area contributed by atoms with E-state index in [2.05, 4.69) is 0 Å². The van der Waals surface area contributed by atoms with Gasteiger partial charge in [-0.15, -0.1) is 0 Å². The molecule has 0 aliphatic heterocycles. The van der Waals surface area contributed by atoms with Crippen LogP contribution >= 0.6 is 0 Å². The molecule has 0 radical (unpaired) electrons. The molecular formula is C12H18N4O3. The maximum Gasteiger partial charge on any atom is 0.231 e. The van der Waals surface area contributed by atoms with Crippen molar-refractivity contribution in [2.45, 2.75) is 6.54 Å². The third-order valence-electron chi connectivity index (χ3n) is 2.46. The fourth-order valence-corrected chi connectivity index (χ4v) is 1.77. The van der Waals surface area contributed by atoms with E-state index in [1.54, 1.807) is 18.2 Å². The first-order valence-electron chi connectivity index (χ1n) is 5.63. The molecule has 1 aromatic rings. The molecule has 0 fully saturated rings. The maximum absolute atomic E-state index is 11.0. The fraction of sp³-hybridized carbons (Fsp3) is 0.333. The number of rotatable bonds is 7. The van der Waals surface area contributed by atoms with Gasteiger partial charge in [0.1, 0.15) is 5.75 Å². The number of primary amides is 2. The van der Waals surface area contributed by atoms with Crippen molar-refractivity contribution in [3.8, 4) is 5.75 Å². The van der Waals surface area contributed by atoms with Gasteiger partial charge in [0.2, 0.25) is 11.8 Å². The van der Waals surface area contributed by atoms with Crippen LogP contribution in [0.1, 0.15) is 5.56 Å². The molecule has 1 aromatic carbocycles. The van der Waals surface area contributed by atoms with Crippen LogP contribution in [-0.2, 0) is 16.1 Å². The Hall–Kier alpha value is -2.28. The van der Waals surface area contributed by atoms with Gasteiger partial charge in [0.15, 0.2) is 0 Å². The van der Waals surface area contributed by atoms with Gasteiger partial charge in [-0.3, -0.25) is 14.5 Å². The average molecular weight is 266 g/mol. The van der Waals surface area contributed by atoms with Gasteiger partial charge in [-0.05, 0) is 18.2 Å². The number of anilines is 1. The average Bonchev–Trinajstić information content (AvgIpc) is 2.27. The van der Waals surface area contributed by atoms with Crippen LogP contribution in [0.15, 0.2) is 18.2 Å². The number of nitrogens with two attached hydrogens (primary N) is 3. The predicted molar refractivity (Wildman–Crippen MR) is 71.1 cm³/mol. The van der Waals surface area contributed by atoms with Crippen molar-refractivity contribution in [2.24, 2.45) is 11.5 Å². The molecule has 7 nitrogen and oxygen atoms in total. The summed E-state index contributed by atoms with van der Waals surface area (Å²) in [6.07, 6.45) is 0. The summed E-state index contributed by atoms with van der Waals surface area (Å²) in [5.74, 6) is -0.457. The highest BCUT2D eigenvalue weighted by molar-refractivity contribution is 5.79. The number of benzene rings is 1. The van der Waals surface area contributed by atoms with Crippen LogP contribution in [0.5, 0.6) is 5.75 Å². The lowest BCUT2D eigenvalue weighted by Crippen LogP contribution is -2.39. The van der Waals surface area contributed by atoms with E-state index in [0.29, 0.717) is 18.0 Å². The standard InChI is InChI=1S/C12H18N4O3/c1-19-10-3-2-9(13)4-8(10)5-16(6-11(14)17)7-12(15)18/h2-4H,5-7,13H2,1H3,(H2,14,17)(H2,15,18). The second kappa shape index (κ2) is 6.60. The van der Waals surface area contributed by atoms with Gasteiger partial charge >= 0.3 is 0 Å². The first-order chi connectivity index (χ1) is 8.92. The minimum atomic E-state index is -0.538. The molecule has 0 unspecified atom stereocenters. The van der Waals surface area contributed by atoms with E-state index in [1.807, 2.05) is 0 Å². The molecule has 0 bridgehead atoms. The summed E-state index contributed by atoms with van der Waals surface area (Å²) in [5, 5.41) is 0. The Kier molecular flexibility index (Phi) is 5.13. The molecule has 0 aromatic heterocycles. The van der Waals surface area contributed by atoms with Crippen molar-refractivity contribution >= 4 is 17.5 Å². The first-order valence-corrected chi connectivity index (χ1v) is 5.63. The van der Waals surface area contributed by atoms with Gasteiger partial charge in [-0.2, -0.15) is 0 Å². The number of nitrogens with zero attached hydrogens (tertiary/aromatic N) is 1. The van der Waals surface area contributed by atoms with Crippen molar-refractivity contribution in [3.63, 3.8) is 0 Å². The lowest BCUT2D eigenvalue weighted by Gasteiger charge is -2.20. The number of hydrogen-bond acceptors (Lipinski definition) is 5. The normalized spacial score (nSPS) is 10.4. The highest BCUT2D eigenvalue weighted by Gasteiger charge is 2.14. The molecule has 7 heteroatoms. The van der Waals surface area contributed by atoms with Crippen LogP contribution in [0, 0.1) is 0 Å². The minimum absolute atomic E-state index is 0.0686. The quantitative estimate of drug-likeness (QED) is 0.549. The summed E-state index contributed by atoms with van der Waals surface area (Å²) in [7, 11) is 1.53. The summed E-state index contributed by atoms with van der Waals surface area (Å²) < 4.78 is 5.20. The van der Waals surface area contributed by atoms with Crippen LogP contribution in [-0.4, -0.2) is 36.9 Å². The molecule has 0 spiro atoms. The fourth-order valence-electron chi connectivity index (χ4n) is 1.77. The summed E-state index contributed by atoms with van der Waals surface area (Å²) in [4.78, 5) is 23.5. The van der Waals surface area contributed by atoms with Crippen LogP contribution in [0.3, 0.4) is 0 Å². The Balaban J connectivity index is 2.90. The summed E-state index contributed by atoms with van der Waals surface area (Å²) in [6, 6.07) is 5.14. The van der Waals surface area contributed by atoms with Crippen LogP contribution in [0.25, 0.3) is 0 Å². The van der Waals surface area contributed by atoms with E-state index in [-0.39, 0.29) is 13.1 Å². The van der Waals surface area contributed by atoms with Crippen molar-refractivity contribution < 1.29 is 14.3 Å². The molecular weight excluding hydrogens is 248 g/mol. The Morgan fingerprint density at radius 1 is 1.21 bits per heavy atom. The molecule has 104 valence electrons. The molecule has 1 rings (SSSR count). The smallest absolute Gasteiger partial charge is 0.231 e. The summed E-state index contributed by atoms with van der Waals surface area (Å²) in [5.41, 5.74) is 17.3. The summed E-state index contributed by atoms with van der Waals surface area (Å²) >= 11 is 0. The number of hydrogen-bond donors (Lipinski definition) is 3. The zero-order chi connectivity index (χ0) is 14.4. The Morgan fingerprint density at radius 3 is 2.26 bits per heavy atom. The topological polar surface area (TPSA) is 125 Å². The number of amides is 2. The van der Waals surface area contributed by atoms with E-state index in [9.17, 15) is 9.59 Å². The Bertz CT molecular complexity index is 460. The number of carbonyl (C=O) groups is 2. The van der Waals surface area contributed by atoms with Crippen LogP contribution in [0.4, 0.5) is 5.69 Å². The van der Waals surface area contributed by atoms with Crippen molar-refractivity contribution in [1.29, 1.82) is 0 Å². The Morgan fingerprint density at radius 2 is 1.79 bits per heavy atom. The lowest BCUT2D eigenvalue weighted by atomic mass is 10.1. The molecule has 0 atom stereocenters. The largest absolute Gasteiger partial charge is 0.496 e. The highest BCUT2D eigenvalue weighted by atomic mass is 16.5. The molecule has 19 heavy (non-hydrogen) atoms. The van der Waals surface area contributed by atoms with Gasteiger partial charge in [0, 0.05) is 17.8 Å². The second-order valence-corrected chi connectivity index (χ2v) is 4.15. The summed E-state index contributed by atoms with van der Waals surface area (Å²) in [6.45, 7) is 0.155. The van der Waals surface area contributed by atoms with Gasteiger partial charge in [0.05, 0.1) is 20.2 Å². The van der Waals surface area contributed by atoms with E-state index >= 15 is 0 Å². The van der Waals surface area contributed by atoms with E-state index < -0.39 is 11.8 Å². The first kappa shape index (κ1) is 14.8. The van der Waals surface area contributed by atoms with Gasteiger partial charge in [0.25, 0.3) is 0 Å². The molecule has 6 N–H and O–H groups in total. The van der Waals surface area contributed by atoms with Crippen LogP contribution in [0.2, 0.25) is 0 Å². The van der Waals surface area contributed by atoms with Gasteiger partial charge < -0.3 is 21.9 Å². The molecule has 0 saturated heterocycles. The van der Waals surface area contributed by atoms with Gasteiger partial charge in [-0.1, -0.05) is 0 Å². The van der Waals surface area contributed by atoms with Gasteiger partial charge in [-0.25, -0.2) is 0 Å². The number of nitrogen functional groups attached to an aromatic ring is 1. The van der Waals surface area contributed by atoms with Crippen molar-refractivity contribution in [1.82, 2.24) is 4.90 Å². The van der Waals surface area contributed by atoms with E-state index in [1.165, 1.54) is 12.0 Å². The predicted octanol–water partition coefficient (Wildman–Crippen LogP) is -0.950. The van der Waals surface area contributed by atoms with Crippen LogP contribution < -0.4 is 21.9 Å². The lowest BCUT2D eigenvalue weighted by molar-refractivity contribution is -0.122. The highest BCUT2D eigenvalue weighted by Crippen LogP contribution is 2.22. The molecule has 0 heterocycles. The SMILES string of the molecule is COc1ccc(N)cc1CN(CC(N)=O)CC(N)=O. The van der Waals surface area contributed by atoms with Crippen molar-refractivity contribution in [3.05, 3.63) is 23.8 Å². The zero-order valence-corrected chi connectivity index (χ0v) is 10.8. The van der Waals surface area contributed by atoms with E-state index in [0.717, 1.165) is 5.56 Å². The zero-order valence-electron chi connectivity index (χ0n) is 10.8. The molecule has 2 amide bonds. The monoisotopic (exact) mass is 266 g/mol. The third kappa shape index (κ3) is 4.84. The Labute approximate surface area is 111 Å². The van der Waals surface area contributed by atoms with E-state index in [4.69, 9.17) is 21.9 Å². The molecule has 0 aliphatic carbocycles. The second-order valence-electron chi connectivity index (χ2n) is 4.15. The molecule has 0 aliphatic rings. The molecule has 0 saturated carbocycles. The van der Waals surface area contributed by atoms with Crippen molar-refractivity contribution in [2.75, 3.05) is 25.9 Å². The number of ether oxygens (including phenoxy) is 1. The number of carbonyl (C=O) groups excluding carboxylic acids is 2. The maximum atomic E-state index is 11.0. The third-order valence-corrected chi connectivity index (χ3v) is 2.46. The minimum Gasteiger partial charge on any atom is -0.496 e. The number of methoxy groups -OCH3 is 1.